The number of anilines is 1. The number of hydrogen-bond acceptors (Lipinski definition) is 3. The Morgan fingerprint density at radius 3 is 2.90 bits per heavy atom. The molecule has 5 nitrogen and oxygen atoms in total. The normalized spacial score (nSPS) is 11.3. The number of nitrogens with two attached hydrogens (primary N) is 1. The first-order valence-electron chi connectivity index (χ1n) is 6.21. The average Bonchev–Trinajstić information content (AvgIpc) is 3.01. The molecule has 0 aliphatic carbocycles. The molecule has 0 saturated carbocycles. The quantitative estimate of drug-likeness (QED) is 0.804. The van der Waals surface area contributed by atoms with Gasteiger partial charge in [0.1, 0.15) is 5.82 Å². The summed E-state index contributed by atoms with van der Waals surface area (Å²) in [6.45, 7) is 1.51. The van der Waals surface area contributed by atoms with Crippen molar-refractivity contribution in [3.05, 3.63) is 41.7 Å². The number of halogens is 2. The first-order chi connectivity index (χ1) is 9.65. The average molecular weight is 294 g/mol. The Hall–Kier alpha value is -2.08. The van der Waals surface area contributed by atoms with E-state index in [2.05, 4.69) is 9.97 Å². The minimum atomic E-state index is -0.484. The summed E-state index contributed by atoms with van der Waals surface area (Å²) in [6, 6.07) is 2.87. The van der Waals surface area contributed by atoms with Crippen molar-refractivity contribution < 1.29 is 4.39 Å². The molecule has 20 heavy (non-hydrogen) atoms. The van der Waals surface area contributed by atoms with Crippen LogP contribution in [0.25, 0.3) is 11.0 Å². The number of fused-ring (bicyclic) bond motifs is 1. The van der Waals surface area contributed by atoms with E-state index >= 15 is 0 Å². The summed E-state index contributed by atoms with van der Waals surface area (Å²) >= 11 is 5.81. The molecule has 0 amide bonds. The van der Waals surface area contributed by atoms with Crippen LogP contribution in [0.15, 0.2) is 30.9 Å². The minimum absolute atomic E-state index is 0.0771. The Labute approximate surface area is 119 Å². The summed E-state index contributed by atoms with van der Waals surface area (Å²) in [6.07, 6.45) is 6.27. The number of nitrogens with zero attached hydrogens (tertiary/aromatic N) is 4. The van der Waals surface area contributed by atoms with Gasteiger partial charge in [0.15, 0.2) is 0 Å². The molecule has 7 heteroatoms. The molecular weight excluding hydrogens is 281 g/mol. The topological polar surface area (TPSA) is 61.7 Å². The molecule has 3 aromatic rings. The Bertz CT molecular complexity index is 735. The molecule has 0 unspecified atom stereocenters. The standard InChI is InChI=1S/C13H13ClFN5/c14-9-6-12-11(7-10(9)15)18-13(16)20(12)4-1-3-19-5-2-17-8-19/h2,5-8H,1,3-4H2,(H2,16,18). The molecule has 1 aromatic carbocycles. The number of nitrogen functional groups attached to an aromatic ring is 1. The van der Waals surface area contributed by atoms with Gasteiger partial charge in [0.25, 0.3) is 0 Å². The summed E-state index contributed by atoms with van der Waals surface area (Å²) in [7, 11) is 0. The first kappa shape index (κ1) is 12.9. The SMILES string of the molecule is Nc1nc2cc(F)c(Cl)cc2n1CCCn1ccnc1. The van der Waals surface area contributed by atoms with Gasteiger partial charge in [0.2, 0.25) is 5.95 Å². The number of aryl methyl sites for hydroxylation is 2. The van der Waals surface area contributed by atoms with Gasteiger partial charge in [-0.3, -0.25) is 0 Å². The molecule has 0 aliphatic rings. The van der Waals surface area contributed by atoms with Gasteiger partial charge >= 0.3 is 0 Å². The van der Waals surface area contributed by atoms with Gasteiger partial charge in [-0.2, -0.15) is 0 Å². The highest BCUT2D eigenvalue weighted by Crippen LogP contribution is 2.25. The predicted molar refractivity (Wildman–Crippen MR) is 76.0 cm³/mol. The van der Waals surface area contributed by atoms with Gasteiger partial charge in [-0.05, 0) is 12.5 Å². The van der Waals surface area contributed by atoms with Crippen molar-refractivity contribution in [2.45, 2.75) is 19.5 Å². The molecule has 2 N–H and O–H groups in total. The van der Waals surface area contributed by atoms with Crippen LogP contribution in [-0.2, 0) is 13.1 Å². The lowest BCUT2D eigenvalue weighted by molar-refractivity contribution is 0.575. The fourth-order valence-electron chi connectivity index (χ4n) is 2.20. The molecule has 2 aromatic heterocycles. The van der Waals surface area contributed by atoms with E-state index in [0.717, 1.165) is 18.5 Å². The molecule has 0 bridgehead atoms. The second-order valence-corrected chi connectivity index (χ2v) is 4.94. The Kier molecular flexibility index (Phi) is 3.31. The molecule has 0 fully saturated rings. The Morgan fingerprint density at radius 2 is 2.15 bits per heavy atom. The number of imidazole rings is 2. The lowest BCUT2D eigenvalue weighted by Gasteiger charge is -2.07. The predicted octanol–water partition coefficient (Wildman–Crippen LogP) is 2.70. The van der Waals surface area contributed by atoms with Crippen LogP contribution in [-0.4, -0.2) is 19.1 Å². The second kappa shape index (κ2) is 5.13. The van der Waals surface area contributed by atoms with Gasteiger partial charge < -0.3 is 14.9 Å². The smallest absolute Gasteiger partial charge is 0.201 e. The van der Waals surface area contributed by atoms with E-state index < -0.39 is 5.82 Å². The third-order valence-electron chi connectivity index (χ3n) is 3.18. The van der Waals surface area contributed by atoms with E-state index in [9.17, 15) is 4.39 Å². The third-order valence-corrected chi connectivity index (χ3v) is 3.47. The van der Waals surface area contributed by atoms with Crippen molar-refractivity contribution in [3.63, 3.8) is 0 Å². The summed E-state index contributed by atoms with van der Waals surface area (Å²) in [4.78, 5) is 8.14. The summed E-state index contributed by atoms with van der Waals surface area (Å²) in [5.41, 5.74) is 7.15. The number of hydrogen-bond donors (Lipinski definition) is 1. The first-order valence-corrected chi connectivity index (χ1v) is 6.59. The van der Waals surface area contributed by atoms with Crippen molar-refractivity contribution in [1.82, 2.24) is 19.1 Å². The van der Waals surface area contributed by atoms with Gasteiger partial charge in [-0.15, -0.1) is 0 Å². The van der Waals surface area contributed by atoms with E-state index in [4.69, 9.17) is 17.3 Å². The number of aromatic nitrogens is 4. The molecule has 0 radical (unpaired) electrons. The van der Waals surface area contributed by atoms with Crippen LogP contribution < -0.4 is 5.73 Å². The van der Waals surface area contributed by atoms with Gasteiger partial charge in [0.05, 0.1) is 22.4 Å². The molecule has 0 saturated heterocycles. The highest BCUT2D eigenvalue weighted by molar-refractivity contribution is 6.31. The highest BCUT2D eigenvalue weighted by atomic mass is 35.5. The molecule has 104 valence electrons. The summed E-state index contributed by atoms with van der Waals surface area (Å²) < 4.78 is 17.2. The van der Waals surface area contributed by atoms with E-state index in [1.807, 2.05) is 15.3 Å². The molecular formula is C13H13ClFN5. The molecule has 2 heterocycles. The fraction of sp³-hybridized carbons (Fsp3) is 0.231. The van der Waals surface area contributed by atoms with Crippen LogP contribution in [0.2, 0.25) is 5.02 Å². The van der Waals surface area contributed by atoms with Crippen molar-refractivity contribution in [1.29, 1.82) is 0 Å². The lowest BCUT2D eigenvalue weighted by atomic mass is 10.3. The Morgan fingerprint density at radius 1 is 1.30 bits per heavy atom. The Balaban J connectivity index is 1.83. The molecule has 0 atom stereocenters. The number of rotatable bonds is 4. The van der Waals surface area contributed by atoms with Crippen molar-refractivity contribution >= 4 is 28.6 Å². The van der Waals surface area contributed by atoms with E-state index in [0.29, 0.717) is 18.0 Å². The molecule has 3 rings (SSSR count). The van der Waals surface area contributed by atoms with Gasteiger partial charge in [-0.25, -0.2) is 14.4 Å². The summed E-state index contributed by atoms with van der Waals surface area (Å²) in [5.74, 6) is -0.116. The van der Waals surface area contributed by atoms with E-state index in [1.54, 1.807) is 18.6 Å². The maximum atomic E-state index is 13.4. The highest BCUT2D eigenvalue weighted by Gasteiger charge is 2.11. The summed E-state index contributed by atoms with van der Waals surface area (Å²) in [5, 5.41) is 0.0771. The zero-order valence-electron chi connectivity index (χ0n) is 10.6. The van der Waals surface area contributed by atoms with Crippen molar-refractivity contribution in [2.75, 3.05) is 5.73 Å². The third kappa shape index (κ3) is 2.34. The zero-order chi connectivity index (χ0) is 14.1. The van der Waals surface area contributed by atoms with Crippen LogP contribution >= 0.6 is 11.6 Å². The maximum absolute atomic E-state index is 13.4. The van der Waals surface area contributed by atoms with Crippen LogP contribution in [0.3, 0.4) is 0 Å². The van der Waals surface area contributed by atoms with Crippen LogP contribution in [0.4, 0.5) is 10.3 Å². The number of benzene rings is 1. The van der Waals surface area contributed by atoms with Crippen LogP contribution in [0.1, 0.15) is 6.42 Å². The van der Waals surface area contributed by atoms with Crippen molar-refractivity contribution in [3.8, 4) is 0 Å². The van der Waals surface area contributed by atoms with Crippen LogP contribution in [0, 0.1) is 5.82 Å². The maximum Gasteiger partial charge on any atom is 0.201 e. The van der Waals surface area contributed by atoms with Crippen LogP contribution in [0.5, 0.6) is 0 Å². The lowest BCUT2D eigenvalue weighted by Crippen LogP contribution is -2.06. The van der Waals surface area contributed by atoms with E-state index in [1.165, 1.54) is 6.07 Å². The largest absolute Gasteiger partial charge is 0.369 e. The van der Waals surface area contributed by atoms with Crippen molar-refractivity contribution in [2.24, 2.45) is 0 Å². The fourth-order valence-corrected chi connectivity index (χ4v) is 2.36. The monoisotopic (exact) mass is 293 g/mol. The minimum Gasteiger partial charge on any atom is -0.369 e. The molecule has 0 spiro atoms. The second-order valence-electron chi connectivity index (χ2n) is 4.53. The van der Waals surface area contributed by atoms with Gasteiger partial charge in [0, 0.05) is 31.5 Å². The molecule has 0 aliphatic heterocycles. The zero-order valence-corrected chi connectivity index (χ0v) is 11.4. The van der Waals surface area contributed by atoms with Gasteiger partial charge in [-0.1, -0.05) is 11.6 Å². The van der Waals surface area contributed by atoms with E-state index in [-0.39, 0.29) is 5.02 Å².